The van der Waals surface area contributed by atoms with Gasteiger partial charge < -0.3 is 20.4 Å². The van der Waals surface area contributed by atoms with E-state index in [9.17, 15) is 14.2 Å². The molecule has 1 saturated heterocycles. The van der Waals surface area contributed by atoms with Gasteiger partial charge in [0.2, 0.25) is 11.7 Å². The summed E-state index contributed by atoms with van der Waals surface area (Å²) in [6, 6.07) is 3.96. The van der Waals surface area contributed by atoms with Crippen LogP contribution in [0, 0.1) is 5.82 Å². The molecule has 1 aromatic heterocycles. The molecule has 0 bridgehead atoms. The smallest absolute Gasteiger partial charge is 0.203 e. The third kappa shape index (κ3) is 4.93. The van der Waals surface area contributed by atoms with E-state index in [1.807, 2.05) is 0 Å². The number of nitrogens with zero attached hydrogens (tertiary/aromatic N) is 4. The van der Waals surface area contributed by atoms with Crippen LogP contribution in [-0.4, -0.2) is 50.5 Å². The van der Waals surface area contributed by atoms with Gasteiger partial charge in [0.15, 0.2) is 5.69 Å². The zero-order valence-electron chi connectivity index (χ0n) is 14.3. The van der Waals surface area contributed by atoms with Crippen LogP contribution in [0.25, 0.3) is 0 Å². The first kappa shape index (κ1) is 19.5. The van der Waals surface area contributed by atoms with Crippen molar-refractivity contribution in [3.63, 3.8) is 0 Å². The van der Waals surface area contributed by atoms with Crippen molar-refractivity contribution in [2.24, 2.45) is 9.52 Å². The second-order valence-corrected chi connectivity index (χ2v) is 9.33. The Labute approximate surface area is 160 Å². The minimum atomic E-state index is -1.97. The average Bonchev–Trinajstić information content (AvgIpc) is 3.09. The highest BCUT2D eigenvalue weighted by Gasteiger charge is 2.19. The van der Waals surface area contributed by atoms with E-state index in [4.69, 9.17) is 16.2 Å². The fourth-order valence-corrected chi connectivity index (χ4v) is 4.29. The standard InChI is InChI=1S/C15H20ClFN6O3S/c16-11-9-10(3-4-12(11)17)20-15(21-24)13-14(23-26-22-13)18-5-1-6-19-27(25)7-2-8-27/h3-4,9,24,27H,1-2,5-8H2,(H,18,23)(H,19,25)(H,20,21). The first-order valence-electron chi connectivity index (χ1n) is 8.30. The molecule has 2 heterocycles. The SMILES string of the molecule is O/N=C(\Nc1ccc(F)c(Cl)c1)c1nonc1NCCCN=[SH]1(O)CCC1. The number of amidine groups is 1. The van der Waals surface area contributed by atoms with Crippen molar-refractivity contribution in [3.05, 3.63) is 34.7 Å². The summed E-state index contributed by atoms with van der Waals surface area (Å²) in [7, 11) is -1.97. The van der Waals surface area contributed by atoms with Crippen LogP contribution in [0.15, 0.2) is 32.3 Å². The zero-order chi connectivity index (χ0) is 19.3. The lowest BCUT2D eigenvalue weighted by Crippen LogP contribution is -2.31. The Kier molecular flexibility index (Phi) is 6.24. The van der Waals surface area contributed by atoms with Crippen molar-refractivity contribution in [3.8, 4) is 0 Å². The fraction of sp³-hybridized carbons (Fsp3) is 0.400. The van der Waals surface area contributed by atoms with Crippen LogP contribution in [0.1, 0.15) is 18.5 Å². The number of halogens is 2. The summed E-state index contributed by atoms with van der Waals surface area (Å²) in [6.45, 7) is 1.08. The van der Waals surface area contributed by atoms with E-state index in [0.29, 0.717) is 25.2 Å². The Balaban J connectivity index is 1.58. The number of nitrogens with one attached hydrogen (secondary N) is 2. The first-order chi connectivity index (χ1) is 13.0. The van der Waals surface area contributed by atoms with Gasteiger partial charge in [0.05, 0.1) is 5.02 Å². The largest absolute Gasteiger partial charge is 0.409 e. The average molecular weight is 419 g/mol. The van der Waals surface area contributed by atoms with Crippen molar-refractivity contribution >= 4 is 39.0 Å². The second-order valence-electron chi connectivity index (χ2n) is 5.99. The molecule has 0 saturated carbocycles. The lowest BCUT2D eigenvalue weighted by atomic mass is 10.3. The summed E-state index contributed by atoms with van der Waals surface area (Å²) >= 11 is 5.74. The molecule has 1 aromatic carbocycles. The summed E-state index contributed by atoms with van der Waals surface area (Å²) in [5.41, 5.74) is 0.555. The third-order valence-electron chi connectivity index (χ3n) is 4.02. The Morgan fingerprint density at radius 2 is 2.19 bits per heavy atom. The molecule has 0 radical (unpaired) electrons. The van der Waals surface area contributed by atoms with Gasteiger partial charge in [-0.15, -0.1) is 10.1 Å². The highest BCUT2D eigenvalue weighted by Crippen LogP contribution is 2.21. The predicted octanol–water partition coefficient (Wildman–Crippen LogP) is 2.86. The number of oxime groups is 1. The summed E-state index contributed by atoms with van der Waals surface area (Å²) in [6.07, 6.45) is 1.75. The number of rotatable bonds is 7. The maximum absolute atomic E-state index is 13.2. The fourth-order valence-electron chi connectivity index (χ4n) is 2.43. The first-order valence-corrected chi connectivity index (χ1v) is 10.7. The summed E-state index contributed by atoms with van der Waals surface area (Å²) < 4.78 is 32.4. The lowest BCUT2D eigenvalue weighted by molar-refractivity contribution is 0.305. The van der Waals surface area contributed by atoms with E-state index in [-0.39, 0.29) is 22.4 Å². The Bertz CT molecular complexity index is 882. The molecule has 148 valence electrons. The van der Waals surface area contributed by atoms with E-state index in [1.54, 1.807) is 0 Å². The van der Waals surface area contributed by atoms with Gasteiger partial charge in [0.25, 0.3) is 0 Å². The maximum atomic E-state index is 13.2. The normalized spacial score (nSPS) is 17.1. The van der Waals surface area contributed by atoms with Gasteiger partial charge in [-0.1, -0.05) is 16.8 Å². The van der Waals surface area contributed by atoms with Crippen molar-refractivity contribution in [2.75, 3.05) is 35.2 Å². The number of thiol groups is 1. The molecule has 3 rings (SSSR count). The van der Waals surface area contributed by atoms with Crippen LogP contribution in [-0.2, 0) is 10.1 Å². The molecular formula is C15H20ClFN6O3S. The zero-order valence-corrected chi connectivity index (χ0v) is 15.9. The van der Waals surface area contributed by atoms with Crippen molar-refractivity contribution in [1.29, 1.82) is 0 Å². The number of hydrogen-bond donors (Lipinski definition) is 5. The number of benzene rings is 1. The van der Waals surface area contributed by atoms with Crippen molar-refractivity contribution in [2.45, 2.75) is 12.8 Å². The molecule has 0 unspecified atom stereocenters. The Morgan fingerprint density at radius 3 is 2.85 bits per heavy atom. The van der Waals surface area contributed by atoms with E-state index in [1.165, 1.54) is 18.2 Å². The lowest BCUT2D eigenvalue weighted by Gasteiger charge is -2.32. The summed E-state index contributed by atoms with van der Waals surface area (Å²) in [5.74, 6) is 1.33. The number of anilines is 2. The van der Waals surface area contributed by atoms with Gasteiger partial charge in [-0.3, -0.25) is 4.36 Å². The Hall–Kier alpha value is -2.24. The highest BCUT2D eigenvalue weighted by atomic mass is 35.5. The van der Waals surface area contributed by atoms with E-state index >= 15 is 0 Å². The molecule has 0 spiro atoms. The predicted molar refractivity (Wildman–Crippen MR) is 104 cm³/mol. The van der Waals surface area contributed by atoms with E-state index in [0.717, 1.165) is 17.9 Å². The van der Waals surface area contributed by atoms with Gasteiger partial charge in [0.1, 0.15) is 5.82 Å². The number of hydrogen-bond acceptors (Lipinski definition) is 7. The molecule has 1 aliphatic heterocycles. The minimum Gasteiger partial charge on any atom is -0.409 e. The second kappa shape index (κ2) is 8.63. The molecule has 4 N–H and O–H groups in total. The quantitative estimate of drug-likeness (QED) is 0.117. The van der Waals surface area contributed by atoms with Crippen LogP contribution in [0.2, 0.25) is 5.02 Å². The summed E-state index contributed by atoms with van der Waals surface area (Å²) in [5, 5.41) is 25.6. The van der Waals surface area contributed by atoms with Crippen LogP contribution >= 0.6 is 11.6 Å². The van der Waals surface area contributed by atoms with Gasteiger partial charge in [-0.2, -0.15) is 0 Å². The van der Waals surface area contributed by atoms with Crippen molar-refractivity contribution in [1.82, 2.24) is 10.3 Å². The van der Waals surface area contributed by atoms with E-state index in [2.05, 4.69) is 30.5 Å². The topological polar surface area (TPSA) is 128 Å². The third-order valence-corrected chi connectivity index (χ3v) is 7.10. The summed E-state index contributed by atoms with van der Waals surface area (Å²) in [4.78, 5) is 0. The molecule has 12 heteroatoms. The van der Waals surface area contributed by atoms with Gasteiger partial charge in [-0.05, 0) is 41.4 Å². The van der Waals surface area contributed by atoms with Gasteiger partial charge in [0, 0.05) is 30.3 Å². The molecule has 9 nitrogen and oxygen atoms in total. The van der Waals surface area contributed by atoms with Crippen LogP contribution < -0.4 is 10.6 Å². The van der Waals surface area contributed by atoms with Gasteiger partial charge >= 0.3 is 0 Å². The minimum absolute atomic E-state index is 0.0409. The molecule has 27 heavy (non-hydrogen) atoms. The molecule has 1 fully saturated rings. The van der Waals surface area contributed by atoms with Gasteiger partial charge in [-0.25, -0.2) is 9.02 Å². The molecule has 0 aliphatic carbocycles. The Morgan fingerprint density at radius 1 is 1.37 bits per heavy atom. The van der Waals surface area contributed by atoms with E-state index < -0.39 is 15.9 Å². The highest BCUT2D eigenvalue weighted by molar-refractivity contribution is 8.01. The number of aromatic nitrogens is 2. The maximum Gasteiger partial charge on any atom is 0.203 e. The molecule has 1 aliphatic rings. The van der Waals surface area contributed by atoms with Crippen molar-refractivity contribution < 1.29 is 18.8 Å². The monoisotopic (exact) mass is 418 g/mol. The molecule has 2 aromatic rings. The molecular weight excluding hydrogens is 399 g/mol. The van der Waals surface area contributed by atoms with Crippen LogP contribution in [0.4, 0.5) is 15.9 Å². The molecule has 0 atom stereocenters. The van der Waals surface area contributed by atoms with Crippen LogP contribution in [0.3, 0.4) is 0 Å². The van der Waals surface area contributed by atoms with Crippen LogP contribution in [0.5, 0.6) is 0 Å². The molecule has 0 amide bonds.